The van der Waals surface area contributed by atoms with Crippen LogP contribution in [0.1, 0.15) is 29.5 Å². The summed E-state index contributed by atoms with van der Waals surface area (Å²) in [6.45, 7) is 5.93. The van der Waals surface area contributed by atoms with Gasteiger partial charge in [-0.25, -0.2) is 0 Å². The van der Waals surface area contributed by atoms with E-state index in [2.05, 4.69) is 46.2 Å². The molecule has 2 aliphatic rings. The van der Waals surface area contributed by atoms with Gasteiger partial charge in [0.1, 0.15) is 18.5 Å². The number of β-amino-alcohol motifs (C(OH)–C–C–N with tert-alkyl or cyclic N) is 1. The van der Waals surface area contributed by atoms with Crippen molar-refractivity contribution >= 4 is 0 Å². The molecule has 0 aliphatic carbocycles. The lowest BCUT2D eigenvalue weighted by atomic mass is 10.00. The van der Waals surface area contributed by atoms with Crippen LogP contribution in [0, 0.1) is 0 Å². The lowest BCUT2D eigenvalue weighted by molar-refractivity contribution is 0.0388. The van der Waals surface area contributed by atoms with Gasteiger partial charge >= 0.3 is 0 Å². The number of ether oxygens (including phenoxy) is 2. The number of methoxy groups -OCH3 is 1. The fourth-order valence-corrected chi connectivity index (χ4v) is 4.55. The van der Waals surface area contributed by atoms with Crippen LogP contribution < -0.4 is 4.74 Å². The van der Waals surface area contributed by atoms with Crippen LogP contribution in [0.15, 0.2) is 48.5 Å². The molecule has 4 rings (SSSR count). The minimum absolute atomic E-state index is 0.320. The fraction of sp³-hybridized carbons (Fsp3) is 0.520. The molecule has 0 bridgehead atoms. The molecule has 0 aromatic heterocycles. The molecule has 162 valence electrons. The van der Waals surface area contributed by atoms with Gasteiger partial charge in [0.25, 0.3) is 0 Å². The van der Waals surface area contributed by atoms with E-state index >= 15 is 0 Å². The molecule has 2 aliphatic heterocycles. The van der Waals surface area contributed by atoms with Crippen LogP contribution in [0.25, 0.3) is 0 Å². The Morgan fingerprint density at radius 2 is 1.80 bits per heavy atom. The molecule has 0 amide bonds. The molecule has 0 spiro atoms. The first kappa shape index (κ1) is 21.3. The van der Waals surface area contributed by atoms with Gasteiger partial charge in [-0.05, 0) is 48.1 Å². The van der Waals surface area contributed by atoms with Crippen LogP contribution in [-0.4, -0.2) is 67.0 Å². The van der Waals surface area contributed by atoms with E-state index in [1.165, 1.54) is 16.7 Å². The summed E-state index contributed by atoms with van der Waals surface area (Å²) >= 11 is 0. The fourth-order valence-electron chi connectivity index (χ4n) is 4.55. The van der Waals surface area contributed by atoms with Crippen molar-refractivity contribution in [3.05, 3.63) is 65.2 Å². The lowest BCUT2D eigenvalue weighted by Crippen LogP contribution is -2.38. The number of hydrogen-bond acceptors (Lipinski definition) is 5. The van der Waals surface area contributed by atoms with Crippen molar-refractivity contribution in [1.82, 2.24) is 9.80 Å². The zero-order valence-electron chi connectivity index (χ0n) is 18.0. The first-order valence-corrected chi connectivity index (χ1v) is 11.1. The molecule has 2 aromatic carbocycles. The topological polar surface area (TPSA) is 45.2 Å². The molecule has 0 radical (unpaired) electrons. The van der Waals surface area contributed by atoms with Gasteiger partial charge in [0, 0.05) is 46.4 Å². The Morgan fingerprint density at radius 3 is 2.60 bits per heavy atom. The number of hydrogen-bond donors (Lipinski definition) is 1. The molecule has 2 heterocycles. The zero-order chi connectivity index (χ0) is 20.8. The van der Waals surface area contributed by atoms with Gasteiger partial charge in [-0.2, -0.15) is 0 Å². The normalized spacial score (nSPS) is 19.4. The SMILES string of the molecule is COC1CCN(Cc2cccc(OC[C@H](O)CN3CCc4ccccc4C3)c2)CC1. The van der Waals surface area contributed by atoms with Gasteiger partial charge in [0.05, 0.1) is 6.10 Å². The molecule has 1 saturated heterocycles. The second kappa shape index (κ2) is 10.4. The number of fused-ring (bicyclic) bond motifs is 1. The highest BCUT2D eigenvalue weighted by atomic mass is 16.5. The summed E-state index contributed by atoms with van der Waals surface area (Å²) in [6, 6.07) is 16.9. The average Bonchev–Trinajstić information content (AvgIpc) is 2.78. The maximum absolute atomic E-state index is 10.5. The summed E-state index contributed by atoms with van der Waals surface area (Å²) in [5.74, 6) is 0.835. The Bertz CT molecular complexity index is 804. The molecule has 5 heteroatoms. The van der Waals surface area contributed by atoms with Crippen LogP contribution in [0.3, 0.4) is 0 Å². The Morgan fingerprint density at radius 1 is 1.00 bits per heavy atom. The number of rotatable bonds is 8. The second-order valence-corrected chi connectivity index (χ2v) is 8.58. The van der Waals surface area contributed by atoms with Gasteiger partial charge in [-0.3, -0.25) is 9.80 Å². The summed E-state index contributed by atoms with van der Waals surface area (Å²) in [4.78, 5) is 4.79. The molecule has 0 saturated carbocycles. The summed E-state index contributed by atoms with van der Waals surface area (Å²) < 4.78 is 11.4. The number of aliphatic hydroxyl groups excluding tert-OH is 1. The minimum Gasteiger partial charge on any atom is -0.491 e. The molecule has 5 nitrogen and oxygen atoms in total. The van der Waals surface area contributed by atoms with Crippen molar-refractivity contribution in [3.63, 3.8) is 0 Å². The van der Waals surface area contributed by atoms with E-state index in [-0.39, 0.29) is 0 Å². The van der Waals surface area contributed by atoms with Gasteiger partial charge in [0.15, 0.2) is 0 Å². The van der Waals surface area contributed by atoms with Crippen LogP contribution in [0.5, 0.6) is 5.75 Å². The third-order valence-electron chi connectivity index (χ3n) is 6.29. The van der Waals surface area contributed by atoms with E-state index in [0.29, 0.717) is 19.3 Å². The lowest BCUT2D eigenvalue weighted by Gasteiger charge is -2.31. The summed E-state index contributed by atoms with van der Waals surface area (Å²) in [6.07, 6.45) is 3.16. The van der Waals surface area contributed by atoms with Crippen molar-refractivity contribution < 1.29 is 14.6 Å². The molecule has 1 fully saturated rings. The Hall–Kier alpha value is -1.92. The minimum atomic E-state index is -0.494. The highest BCUT2D eigenvalue weighted by molar-refractivity contribution is 5.29. The van der Waals surface area contributed by atoms with E-state index < -0.39 is 6.10 Å². The van der Waals surface area contributed by atoms with E-state index in [0.717, 1.165) is 57.7 Å². The largest absolute Gasteiger partial charge is 0.491 e. The maximum Gasteiger partial charge on any atom is 0.119 e. The summed E-state index contributed by atoms with van der Waals surface area (Å²) in [5, 5.41) is 10.5. The number of aliphatic hydroxyl groups is 1. The molecular weight excluding hydrogens is 376 g/mol. The molecule has 1 atom stereocenters. The summed E-state index contributed by atoms with van der Waals surface area (Å²) in [5.41, 5.74) is 4.06. The Labute approximate surface area is 180 Å². The third kappa shape index (κ3) is 5.82. The van der Waals surface area contributed by atoms with Gasteiger partial charge in [-0.1, -0.05) is 36.4 Å². The number of piperidine rings is 1. The van der Waals surface area contributed by atoms with Crippen LogP contribution in [-0.2, 0) is 24.2 Å². The van der Waals surface area contributed by atoms with Gasteiger partial charge in [0.2, 0.25) is 0 Å². The second-order valence-electron chi connectivity index (χ2n) is 8.58. The number of likely N-dealkylation sites (tertiary alicyclic amines) is 1. The zero-order valence-corrected chi connectivity index (χ0v) is 18.0. The average molecular weight is 411 g/mol. The molecule has 1 N–H and O–H groups in total. The smallest absolute Gasteiger partial charge is 0.119 e. The van der Waals surface area contributed by atoms with E-state index in [4.69, 9.17) is 9.47 Å². The third-order valence-corrected chi connectivity index (χ3v) is 6.29. The van der Waals surface area contributed by atoms with Gasteiger partial charge < -0.3 is 14.6 Å². The van der Waals surface area contributed by atoms with Crippen LogP contribution >= 0.6 is 0 Å². The predicted octanol–water partition coefficient (Wildman–Crippen LogP) is 3.10. The van der Waals surface area contributed by atoms with Crippen molar-refractivity contribution in [2.24, 2.45) is 0 Å². The first-order valence-electron chi connectivity index (χ1n) is 11.1. The monoisotopic (exact) mass is 410 g/mol. The van der Waals surface area contributed by atoms with Crippen LogP contribution in [0.4, 0.5) is 0 Å². The Balaban J connectivity index is 1.22. The number of benzene rings is 2. The Kier molecular flexibility index (Phi) is 7.39. The highest BCUT2D eigenvalue weighted by Crippen LogP contribution is 2.20. The molecule has 0 unspecified atom stereocenters. The van der Waals surface area contributed by atoms with Crippen molar-refractivity contribution in [3.8, 4) is 5.75 Å². The predicted molar refractivity (Wildman–Crippen MR) is 119 cm³/mol. The van der Waals surface area contributed by atoms with E-state index in [9.17, 15) is 5.11 Å². The van der Waals surface area contributed by atoms with Crippen LogP contribution in [0.2, 0.25) is 0 Å². The standard InChI is InChI=1S/C25H34N2O3/c1-29-24-10-13-26(14-11-24)16-20-5-4-8-25(15-20)30-19-23(28)18-27-12-9-21-6-2-3-7-22(21)17-27/h2-8,15,23-24,28H,9-14,16-19H2,1H3/t23-/m1/s1. The first-order chi connectivity index (χ1) is 14.7. The van der Waals surface area contributed by atoms with Crippen molar-refractivity contribution in [1.29, 1.82) is 0 Å². The highest BCUT2D eigenvalue weighted by Gasteiger charge is 2.20. The maximum atomic E-state index is 10.5. The molecule has 2 aromatic rings. The quantitative estimate of drug-likeness (QED) is 0.725. The number of nitrogens with zero attached hydrogens (tertiary/aromatic N) is 2. The van der Waals surface area contributed by atoms with Crippen molar-refractivity contribution in [2.75, 3.05) is 39.9 Å². The van der Waals surface area contributed by atoms with Gasteiger partial charge in [-0.15, -0.1) is 0 Å². The molecular formula is C25H34N2O3. The van der Waals surface area contributed by atoms with Crippen molar-refractivity contribution in [2.45, 2.75) is 44.6 Å². The van der Waals surface area contributed by atoms with E-state index in [1.54, 1.807) is 7.11 Å². The molecule has 30 heavy (non-hydrogen) atoms. The van der Waals surface area contributed by atoms with E-state index in [1.807, 2.05) is 12.1 Å². The summed E-state index contributed by atoms with van der Waals surface area (Å²) in [7, 11) is 1.81.